The van der Waals surface area contributed by atoms with Gasteiger partial charge in [0.2, 0.25) is 6.79 Å². The topological polar surface area (TPSA) is 79.8 Å². The first-order chi connectivity index (χ1) is 11.5. The van der Waals surface area contributed by atoms with Crippen LogP contribution < -0.4 is 20.1 Å². The fourth-order valence-electron chi connectivity index (χ4n) is 3.47. The maximum atomic E-state index is 12.2. The molecule has 1 fully saturated rings. The van der Waals surface area contributed by atoms with E-state index in [0.717, 1.165) is 31.2 Å². The van der Waals surface area contributed by atoms with Gasteiger partial charge >= 0.3 is 6.03 Å². The monoisotopic (exact) mass is 334 g/mol. The maximum absolute atomic E-state index is 12.2. The van der Waals surface area contributed by atoms with Crippen LogP contribution in [-0.2, 0) is 0 Å². The minimum atomic E-state index is -0.873. The molecule has 3 rings (SSSR count). The number of hydrogen-bond donors (Lipinski definition) is 3. The summed E-state index contributed by atoms with van der Waals surface area (Å²) in [5, 5.41) is 16.3. The van der Waals surface area contributed by atoms with Gasteiger partial charge in [0.1, 0.15) is 0 Å². The second kappa shape index (κ2) is 6.89. The Balaban J connectivity index is 1.56. The first-order valence-electron chi connectivity index (χ1n) is 8.63. The summed E-state index contributed by atoms with van der Waals surface area (Å²) in [4.78, 5) is 12.2. The molecule has 1 aromatic rings. The van der Waals surface area contributed by atoms with Crippen LogP contribution >= 0.6 is 0 Å². The number of anilines is 1. The number of aliphatic hydroxyl groups is 1. The zero-order chi connectivity index (χ0) is 17.2. The van der Waals surface area contributed by atoms with Gasteiger partial charge in [0.05, 0.1) is 5.60 Å². The number of rotatable bonds is 4. The number of aryl methyl sites for hydroxylation is 1. The van der Waals surface area contributed by atoms with Crippen molar-refractivity contribution in [2.75, 3.05) is 18.7 Å². The van der Waals surface area contributed by atoms with Crippen molar-refractivity contribution in [3.8, 4) is 11.5 Å². The van der Waals surface area contributed by atoms with Crippen molar-refractivity contribution in [3.05, 3.63) is 17.7 Å². The van der Waals surface area contributed by atoms with Crippen molar-refractivity contribution < 1.29 is 19.4 Å². The Labute approximate surface area is 142 Å². The molecule has 3 N–H and O–H groups in total. The number of hydrogen-bond acceptors (Lipinski definition) is 4. The largest absolute Gasteiger partial charge is 0.454 e. The van der Waals surface area contributed by atoms with Crippen LogP contribution in [0.2, 0.25) is 0 Å². The van der Waals surface area contributed by atoms with Gasteiger partial charge in [0.15, 0.2) is 11.5 Å². The molecule has 0 aromatic heterocycles. The van der Waals surface area contributed by atoms with Gasteiger partial charge in [-0.2, -0.15) is 0 Å². The van der Waals surface area contributed by atoms with E-state index in [9.17, 15) is 9.90 Å². The number of ether oxygens (including phenoxy) is 2. The van der Waals surface area contributed by atoms with Crippen molar-refractivity contribution >= 4 is 11.7 Å². The highest BCUT2D eigenvalue weighted by atomic mass is 16.7. The zero-order valence-corrected chi connectivity index (χ0v) is 14.4. The Kier molecular flexibility index (Phi) is 4.85. The highest BCUT2D eigenvalue weighted by Crippen LogP contribution is 2.36. The molecule has 1 saturated carbocycles. The quantitative estimate of drug-likeness (QED) is 0.790. The van der Waals surface area contributed by atoms with Crippen LogP contribution in [0.15, 0.2) is 12.1 Å². The normalized spacial score (nSPS) is 19.6. The third-order valence-electron chi connectivity index (χ3n) is 5.06. The highest BCUT2D eigenvalue weighted by molar-refractivity contribution is 5.90. The fraction of sp³-hybridized carbons (Fsp3) is 0.611. The molecule has 1 unspecified atom stereocenters. The summed E-state index contributed by atoms with van der Waals surface area (Å²) in [7, 11) is 0. The van der Waals surface area contributed by atoms with Crippen LogP contribution in [0, 0.1) is 12.8 Å². The second-order valence-corrected chi connectivity index (χ2v) is 7.02. The molecule has 1 aromatic carbocycles. The van der Waals surface area contributed by atoms with Crippen LogP contribution in [-0.4, -0.2) is 30.1 Å². The van der Waals surface area contributed by atoms with Gasteiger partial charge in [-0.3, -0.25) is 0 Å². The van der Waals surface area contributed by atoms with Gasteiger partial charge in [-0.25, -0.2) is 4.79 Å². The van der Waals surface area contributed by atoms with Gasteiger partial charge in [-0.15, -0.1) is 0 Å². The average molecular weight is 334 g/mol. The van der Waals surface area contributed by atoms with Crippen molar-refractivity contribution in [3.63, 3.8) is 0 Å². The molecule has 6 nitrogen and oxygen atoms in total. The van der Waals surface area contributed by atoms with Crippen molar-refractivity contribution in [1.29, 1.82) is 0 Å². The van der Waals surface area contributed by atoms with Crippen molar-refractivity contribution in [1.82, 2.24) is 5.32 Å². The molecule has 0 radical (unpaired) electrons. The smallest absolute Gasteiger partial charge is 0.319 e. The molecule has 1 aliphatic carbocycles. The molecule has 0 saturated heterocycles. The van der Waals surface area contributed by atoms with Crippen LogP contribution in [0.1, 0.15) is 44.6 Å². The Bertz CT molecular complexity index is 609. The lowest BCUT2D eigenvalue weighted by Gasteiger charge is -2.35. The molecule has 6 heteroatoms. The third kappa shape index (κ3) is 3.75. The molecule has 0 spiro atoms. The summed E-state index contributed by atoms with van der Waals surface area (Å²) < 4.78 is 10.7. The summed E-state index contributed by atoms with van der Waals surface area (Å²) in [5.74, 6) is 1.57. The molecule has 1 aliphatic heterocycles. The van der Waals surface area contributed by atoms with Crippen molar-refractivity contribution in [2.45, 2.75) is 51.6 Å². The first kappa shape index (κ1) is 16.9. The van der Waals surface area contributed by atoms with Crippen LogP contribution in [0.3, 0.4) is 0 Å². The minimum Gasteiger partial charge on any atom is -0.454 e. The van der Waals surface area contributed by atoms with Gasteiger partial charge in [0, 0.05) is 18.3 Å². The Morgan fingerprint density at radius 1 is 1.25 bits per heavy atom. The van der Waals surface area contributed by atoms with E-state index in [1.165, 1.54) is 6.42 Å². The average Bonchev–Trinajstić information content (AvgIpc) is 3.01. The third-order valence-corrected chi connectivity index (χ3v) is 5.06. The molecular weight excluding hydrogens is 308 g/mol. The van der Waals surface area contributed by atoms with E-state index in [-0.39, 0.29) is 25.3 Å². The van der Waals surface area contributed by atoms with Gasteiger partial charge < -0.3 is 25.2 Å². The molecular formula is C18H26N2O4. The van der Waals surface area contributed by atoms with Crippen LogP contribution in [0.4, 0.5) is 10.5 Å². The number of urea groups is 1. The van der Waals surface area contributed by atoms with Crippen LogP contribution in [0.5, 0.6) is 11.5 Å². The molecule has 2 aliphatic rings. The second-order valence-electron chi connectivity index (χ2n) is 7.02. The predicted molar refractivity (Wildman–Crippen MR) is 91.5 cm³/mol. The van der Waals surface area contributed by atoms with Crippen LogP contribution in [0.25, 0.3) is 0 Å². The molecule has 2 amide bonds. The Hall–Kier alpha value is -1.95. The SMILES string of the molecule is Cc1cc2c(cc1NC(=O)NCC(C)(O)C1CCCCC1)OCO2. The lowest BCUT2D eigenvalue weighted by atomic mass is 9.78. The predicted octanol–water partition coefficient (Wildman–Crippen LogP) is 3.18. The van der Waals surface area contributed by atoms with E-state index in [1.807, 2.05) is 19.9 Å². The Morgan fingerprint density at radius 3 is 2.62 bits per heavy atom. The first-order valence-corrected chi connectivity index (χ1v) is 8.63. The highest BCUT2D eigenvalue weighted by Gasteiger charge is 2.33. The van der Waals surface area contributed by atoms with E-state index in [2.05, 4.69) is 10.6 Å². The van der Waals surface area contributed by atoms with E-state index >= 15 is 0 Å². The van der Waals surface area contributed by atoms with Gasteiger partial charge in [-0.1, -0.05) is 19.3 Å². The van der Waals surface area contributed by atoms with Gasteiger partial charge in [0.25, 0.3) is 0 Å². The molecule has 1 heterocycles. The summed E-state index contributed by atoms with van der Waals surface area (Å²) in [6.45, 7) is 4.16. The van der Waals surface area contributed by atoms with E-state index in [0.29, 0.717) is 17.2 Å². The van der Waals surface area contributed by atoms with Gasteiger partial charge in [-0.05, 0) is 44.2 Å². The zero-order valence-electron chi connectivity index (χ0n) is 14.4. The number of amides is 2. The number of carbonyl (C=O) groups excluding carboxylic acids is 1. The number of carbonyl (C=O) groups is 1. The van der Waals surface area contributed by atoms with Crippen molar-refractivity contribution in [2.24, 2.45) is 5.92 Å². The number of benzene rings is 1. The number of fused-ring (bicyclic) bond motifs is 1. The Morgan fingerprint density at radius 2 is 1.92 bits per heavy atom. The summed E-state index contributed by atoms with van der Waals surface area (Å²) in [6.07, 6.45) is 5.60. The lowest BCUT2D eigenvalue weighted by Crippen LogP contribution is -2.47. The lowest BCUT2D eigenvalue weighted by molar-refractivity contribution is -0.0127. The standard InChI is InChI=1S/C18H26N2O4/c1-12-8-15-16(24-11-23-15)9-14(12)20-17(21)19-10-18(2,22)13-6-4-3-5-7-13/h8-9,13,22H,3-7,10-11H2,1-2H3,(H2,19,20,21). The fourth-order valence-corrected chi connectivity index (χ4v) is 3.47. The minimum absolute atomic E-state index is 0.203. The van der Waals surface area contributed by atoms with E-state index in [4.69, 9.17) is 9.47 Å². The number of nitrogens with one attached hydrogen (secondary N) is 2. The molecule has 24 heavy (non-hydrogen) atoms. The summed E-state index contributed by atoms with van der Waals surface area (Å²) >= 11 is 0. The van der Waals surface area contributed by atoms with E-state index in [1.54, 1.807) is 6.07 Å². The molecule has 132 valence electrons. The molecule has 0 bridgehead atoms. The summed E-state index contributed by atoms with van der Waals surface area (Å²) in [6, 6.07) is 3.28. The molecule has 1 atom stereocenters. The summed E-state index contributed by atoms with van der Waals surface area (Å²) in [5.41, 5.74) is 0.698. The van der Waals surface area contributed by atoms with E-state index < -0.39 is 5.60 Å². The maximum Gasteiger partial charge on any atom is 0.319 e.